The molecule has 1 aromatic rings. The molecule has 26 heavy (non-hydrogen) atoms. The van der Waals surface area contributed by atoms with E-state index in [4.69, 9.17) is 5.73 Å². The molecule has 0 spiro atoms. The molecule has 5 nitrogen and oxygen atoms in total. The van der Waals surface area contributed by atoms with E-state index in [1.54, 1.807) is 0 Å². The second-order valence-corrected chi connectivity index (χ2v) is 7.96. The number of nitrogens with one attached hydrogen (secondary N) is 1. The fourth-order valence-electron chi connectivity index (χ4n) is 3.94. The molecule has 3 N–H and O–H groups in total. The lowest BCUT2D eigenvalue weighted by Crippen LogP contribution is -2.66. The summed E-state index contributed by atoms with van der Waals surface area (Å²) in [7, 11) is 0. The van der Waals surface area contributed by atoms with Gasteiger partial charge in [-0.2, -0.15) is 13.2 Å². The van der Waals surface area contributed by atoms with E-state index >= 15 is 0 Å². The first kappa shape index (κ1) is 20.2. The first-order valence-corrected chi connectivity index (χ1v) is 8.32. The van der Waals surface area contributed by atoms with Crippen molar-refractivity contribution in [1.29, 1.82) is 0 Å². The Hall–Kier alpha value is -2.09. The van der Waals surface area contributed by atoms with Crippen LogP contribution in [0.4, 0.5) is 18.9 Å². The maximum atomic E-state index is 12.8. The summed E-state index contributed by atoms with van der Waals surface area (Å²) in [5, 5.41) is 2.38. The van der Waals surface area contributed by atoms with Crippen molar-refractivity contribution in [2.75, 3.05) is 5.32 Å². The van der Waals surface area contributed by atoms with Crippen LogP contribution in [0.2, 0.25) is 0 Å². The monoisotopic (exact) mass is 371 g/mol. The van der Waals surface area contributed by atoms with Crippen LogP contribution in [0.15, 0.2) is 24.3 Å². The van der Waals surface area contributed by atoms with Crippen molar-refractivity contribution in [1.82, 2.24) is 4.90 Å². The summed E-state index contributed by atoms with van der Waals surface area (Å²) in [5.41, 5.74) is 4.14. The molecule has 0 saturated carbocycles. The van der Waals surface area contributed by atoms with E-state index in [0.29, 0.717) is 12.8 Å². The van der Waals surface area contributed by atoms with Crippen LogP contribution >= 0.6 is 0 Å². The molecule has 0 atom stereocenters. The number of nitrogens with zero attached hydrogens (tertiary/aromatic N) is 1. The normalized spacial score (nSPS) is 19.9. The summed E-state index contributed by atoms with van der Waals surface area (Å²) in [5.74, 6) is -1.62. The van der Waals surface area contributed by atoms with Crippen LogP contribution in [-0.4, -0.2) is 33.8 Å². The molecule has 0 radical (unpaired) electrons. The average molecular weight is 371 g/mol. The van der Waals surface area contributed by atoms with Gasteiger partial charge in [-0.15, -0.1) is 0 Å². The molecular formula is C18H24F3N3O2. The highest BCUT2D eigenvalue weighted by molar-refractivity contribution is 6.39. The molecule has 1 fully saturated rings. The minimum Gasteiger partial charge on any atom is -0.328 e. The fourth-order valence-corrected chi connectivity index (χ4v) is 3.94. The van der Waals surface area contributed by atoms with Gasteiger partial charge in [-0.1, -0.05) is 0 Å². The van der Waals surface area contributed by atoms with Crippen molar-refractivity contribution < 1.29 is 22.8 Å². The summed E-state index contributed by atoms with van der Waals surface area (Å²) in [6.45, 7) is 7.38. The number of nitrogens with two attached hydrogens (primary N) is 1. The maximum Gasteiger partial charge on any atom is 0.416 e. The Bertz CT molecular complexity index is 679. The molecule has 1 aromatic carbocycles. The Morgan fingerprint density at radius 3 is 1.96 bits per heavy atom. The van der Waals surface area contributed by atoms with E-state index in [0.717, 1.165) is 24.3 Å². The third-order valence-corrected chi connectivity index (χ3v) is 4.60. The number of alkyl halides is 3. The van der Waals surface area contributed by atoms with Gasteiger partial charge in [-0.3, -0.25) is 9.59 Å². The van der Waals surface area contributed by atoms with Gasteiger partial charge in [0.2, 0.25) is 0 Å². The predicted molar refractivity (Wildman–Crippen MR) is 92.3 cm³/mol. The zero-order chi connectivity index (χ0) is 19.9. The summed E-state index contributed by atoms with van der Waals surface area (Å²) in [6.07, 6.45) is -3.36. The van der Waals surface area contributed by atoms with Gasteiger partial charge in [0.25, 0.3) is 0 Å². The minimum atomic E-state index is -4.46. The Kier molecular flexibility index (Phi) is 5.11. The number of rotatable bonds is 1. The van der Waals surface area contributed by atoms with Crippen molar-refractivity contribution in [2.24, 2.45) is 5.73 Å². The average Bonchev–Trinajstić information content (AvgIpc) is 2.43. The zero-order valence-corrected chi connectivity index (χ0v) is 15.3. The van der Waals surface area contributed by atoms with Gasteiger partial charge < -0.3 is 16.0 Å². The topological polar surface area (TPSA) is 75.4 Å². The van der Waals surface area contributed by atoms with Gasteiger partial charge in [0.1, 0.15) is 0 Å². The quantitative estimate of drug-likeness (QED) is 0.745. The summed E-state index contributed by atoms with van der Waals surface area (Å²) >= 11 is 0. The fraction of sp³-hybridized carbons (Fsp3) is 0.556. The van der Waals surface area contributed by atoms with Crippen LogP contribution in [0.5, 0.6) is 0 Å². The van der Waals surface area contributed by atoms with Gasteiger partial charge in [-0.25, -0.2) is 0 Å². The molecule has 1 aliphatic heterocycles. The molecule has 0 bridgehead atoms. The van der Waals surface area contributed by atoms with E-state index in [1.807, 2.05) is 27.7 Å². The van der Waals surface area contributed by atoms with Gasteiger partial charge in [-0.05, 0) is 64.8 Å². The zero-order valence-electron chi connectivity index (χ0n) is 15.3. The lowest BCUT2D eigenvalue weighted by Gasteiger charge is -2.54. The van der Waals surface area contributed by atoms with E-state index in [-0.39, 0.29) is 11.7 Å². The predicted octanol–water partition coefficient (Wildman–Crippen LogP) is 3.15. The number of carbonyl (C=O) groups is 2. The van der Waals surface area contributed by atoms with E-state index in [1.165, 1.54) is 4.90 Å². The van der Waals surface area contributed by atoms with E-state index in [2.05, 4.69) is 5.32 Å². The number of carbonyl (C=O) groups excluding carboxylic acids is 2. The molecule has 0 unspecified atom stereocenters. The number of benzene rings is 1. The highest BCUT2D eigenvalue weighted by Gasteiger charge is 2.48. The molecule has 0 aliphatic carbocycles. The first-order chi connectivity index (χ1) is 11.7. The van der Waals surface area contributed by atoms with Crippen LogP contribution in [0, 0.1) is 0 Å². The second-order valence-electron chi connectivity index (χ2n) is 7.96. The Morgan fingerprint density at radius 1 is 1.08 bits per heavy atom. The minimum absolute atomic E-state index is 0.0815. The maximum absolute atomic E-state index is 12.8. The molecule has 1 heterocycles. The summed E-state index contributed by atoms with van der Waals surface area (Å²) in [4.78, 5) is 26.7. The largest absolute Gasteiger partial charge is 0.416 e. The number of anilines is 1. The Morgan fingerprint density at radius 2 is 1.54 bits per heavy atom. The number of amides is 2. The van der Waals surface area contributed by atoms with Crippen LogP contribution in [0.1, 0.15) is 46.1 Å². The van der Waals surface area contributed by atoms with Crippen LogP contribution < -0.4 is 11.1 Å². The highest BCUT2D eigenvalue weighted by atomic mass is 19.4. The smallest absolute Gasteiger partial charge is 0.328 e. The number of piperidine rings is 1. The number of hydrogen-bond acceptors (Lipinski definition) is 3. The van der Waals surface area contributed by atoms with Gasteiger partial charge in [0.05, 0.1) is 5.56 Å². The van der Waals surface area contributed by atoms with Crippen molar-refractivity contribution in [3.63, 3.8) is 0 Å². The Balaban J connectivity index is 2.17. The van der Waals surface area contributed by atoms with Crippen LogP contribution in [0.25, 0.3) is 0 Å². The summed E-state index contributed by atoms with van der Waals surface area (Å²) < 4.78 is 37.8. The van der Waals surface area contributed by atoms with Gasteiger partial charge in [0.15, 0.2) is 0 Å². The lowest BCUT2D eigenvalue weighted by molar-refractivity contribution is -0.156. The first-order valence-electron chi connectivity index (χ1n) is 8.32. The van der Waals surface area contributed by atoms with Crippen molar-refractivity contribution in [2.45, 2.75) is 63.8 Å². The van der Waals surface area contributed by atoms with Crippen molar-refractivity contribution in [3.05, 3.63) is 29.8 Å². The number of likely N-dealkylation sites (tertiary alicyclic amines) is 1. The summed E-state index contributed by atoms with van der Waals surface area (Å²) in [6, 6.07) is 3.87. The van der Waals surface area contributed by atoms with Gasteiger partial charge in [0, 0.05) is 22.8 Å². The Labute approximate surface area is 150 Å². The lowest BCUT2D eigenvalue weighted by atomic mass is 9.77. The van der Waals surface area contributed by atoms with Crippen LogP contribution in [-0.2, 0) is 15.8 Å². The van der Waals surface area contributed by atoms with Gasteiger partial charge >= 0.3 is 18.0 Å². The second kappa shape index (κ2) is 6.57. The molecule has 0 aromatic heterocycles. The van der Waals surface area contributed by atoms with Crippen molar-refractivity contribution in [3.8, 4) is 0 Å². The van der Waals surface area contributed by atoms with Crippen LogP contribution in [0.3, 0.4) is 0 Å². The molecule has 2 rings (SSSR count). The molecule has 144 valence electrons. The number of hydrogen-bond donors (Lipinski definition) is 2. The SMILES string of the molecule is CC1(C)CC(N)CC(C)(C)N1C(=O)C(=O)Nc1ccc(C(F)(F)F)cc1. The van der Waals surface area contributed by atoms with E-state index < -0.39 is 34.6 Å². The molecule has 2 amide bonds. The molecule has 1 aliphatic rings. The molecular weight excluding hydrogens is 347 g/mol. The van der Waals surface area contributed by atoms with E-state index in [9.17, 15) is 22.8 Å². The highest BCUT2D eigenvalue weighted by Crippen LogP contribution is 2.38. The van der Waals surface area contributed by atoms with Crippen molar-refractivity contribution >= 4 is 17.5 Å². The molecule has 1 saturated heterocycles. The number of halogens is 3. The third-order valence-electron chi connectivity index (χ3n) is 4.60. The third kappa shape index (κ3) is 4.17. The molecule has 8 heteroatoms. The standard InChI is InChI=1S/C18H24F3N3O2/c1-16(2)9-12(22)10-17(3,4)24(16)15(26)14(25)23-13-7-5-11(6-8-13)18(19,20)21/h5-8,12H,9-10,22H2,1-4H3,(H,23,25).